The Bertz CT molecular complexity index is 3670. The van der Waals surface area contributed by atoms with Crippen molar-refractivity contribution in [3.63, 3.8) is 0 Å². The molecule has 7 nitrogen and oxygen atoms in total. The van der Waals surface area contributed by atoms with E-state index in [0.717, 1.165) is 93.2 Å². The molecule has 8 aromatic carbocycles. The van der Waals surface area contributed by atoms with E-state index in [4.69, 9.17) is 9.97 Å². The molecule has 0 saturated carbocycles. The van der Waals surface area contributed by atoms with Gasteiger partial charge in [-0.3, -0.25) is 4.98 Å². The van der Waals surface area contributed by atoms with E-state index >= 15 is 0 Å². The maximum Gasteiger partial charge on any atom is 0.161 e. The van der Waals surface area contributed by atoms with Crippen molar-refractivity contribution in [2.45, 2.75) is 0 Å². The molecule has 0 N–H and O–H groups in total. The molecule has 62 heavy (non-hydrogen) atoms. The van der Waals surface area contributed by atoms with Gasteiger partial charge in [0.05, 0.1) is 56.0 Å². The topological polar surface area (TPSA) is 96.1 Å². The van der Waals surface area contributed by atoms with E-state index in [1.54, 1.807) is 12.4 Å². The van der Waals surface area contributed by atoms with Gasteiger partial charge in [0.2, 0.25) is 0 Å². The number of para-hydroxylation sites is 4. The lowest BCUT2D eigenvalue weighted by molar-refractivity contribution is 1.13. The Morgan fingerprint density at radius 2 is 0.871 bits per heavy atom. The third-order valence-corrected chi connectivity index (χ3v) is 12.0. The molecule has 4 heterocycles. The van der Waals surface area contributed by atoms with E-state index < -0.39 is 0 Å². The Morgan fingerprint density at radius 3 is 1.34 bits per heavy atom. The number of hydrogen-bond donors (Lipinski definition) is 0. The summed E-state index contributed by atoms with van der Waals surface area (Å²) in [6, 6.07) is 64.8. The van der Waals surface area contributed by atoms with Crippen LogP contribution in [0.4, 0.5) is 0 Å². The molecule has 0 spiro atoms. The van der Waals surface area contributed by atoms with Gasteiger partial charge in [-0.2, -0.15) is 10.5 Å². The van der Waals surface area contributed by atoms with E-state index in [1.807, 2.05) is 66.7 Å². The van der Waals surface area contributed by atoms with Gasteiger partial charge in [0.1, 0.15) is 12.1 Å². The van der Waals surface area contributed by atoms with Crippen LogP contribution in [-0.4, -0.2) is 24.1 Å². The summed E-state index contributed by atoms with van der Waals surface area (Å²) in [6.07, 6.45) is 3.49. The quantitative estimate of drug-likeness (QED) is 0.173. The van der Waals surface area contributed by atoms with Crippen molar-refractivity contribution >= 4 is 65.2 Å². The van der Waals surface area contributed by atoms with Gasteiger partial charge in [0.25, 0.3) is 0 Å². The van der Waals surface area contributed by atoms with Gasteiger partial charge in [-0.05, 0) is 88.3 Å². The zero-order valence-corrected chi connectivity index (χ0v) is 33.0. The number of hydrogen-bond acceptors (Lipinski definition) is 5. The fraction of sp³-hybridized carbons (Fsp3) is 0. The van der Waals surface area contributed by atoms with Crippen molar-refractivity contribution < 1.29 is 0 Å². The second-order valence-corrected chi connectivity index (χ2v) is 15.5. The summed E-state index contributed by atoms with van der Waals surface area (Å²) in [5.41, 5.74) is 9.87. The Hall–Kier alpha value is -8.91. The number of fused-ring (bicyclic) bond motifs is 8. The molecule has 12 rings (SSSR count). The number of benzene rings is 8. The fourth-order valence-corrected chi connectivity index (χ4v) is 9.30. The second kappa shape index (κ2) is 13.8. The summed E-state index contributed by atoms with van der Waals surface area (Å²) in [6.45, 7) is 0. The van der Waals surface area contributed by atoms with E-state index in [9.17, 15) is 10.5 Å². The highest BCUT2D eigenvalue weighted by Gasteiger charge is 2.24. The molecule has 4 aromatic heterocycles. The van der Waals surface area contributed by atoms with Crippen LogP contribution < -0.4 is 0 Å². The maximum absolute atomic E-state index is 10.9. The van der Waals surface area contributed by atoms with Crippen molar-refractivity contribution in [1.29, 1.82) is 10.5 Å². The van der Waals surface area contributed by atoms with Crippen LogP contribution in [0.2, 0.25) is 0 Å². The van der Waals surface area contributed by atoms with E-state index in [2.05, 4.69) is 135 Å². The first kappa shape index (κ1) is 35.1. The molecule has 0 aliphatic rings. The number of nitrogens with zero attached hydrogens (tertiary/aromatic N) is 7. The van der Waals surface area contributed by atoms with Crippen LogP contribution >= 0.6 is 0 Å². The smallest absolute Gasteiger partial charge is 0.161 e. The second-order valence-electron chi connectivity index (χ2n) is 15.5. The molecule has 0 bridgehead atoms. The Balaban J connectivity index is 1.17. The predicted octanol–water partition coefficient (Wildman–Crippen LogP) is 13.1. The van der Waals surface area contributed by atoms with Crippen LogP contribution in [0.1, 0.15) is 11.1 Å². The summed E-state index contributed by atoms with van der Waals surface area (Å²) >= 11 is 0. The maximum atomic E-state index is 10.9. The van der Waals surface area contributed by atoms with E-state index in [-0.39, 0.29) is 0 Å². The van der Waals surface area contributed by atoms with E-state index in [1.165, 1.54) is 0 Å². The molecule has 0 aliphatic heterocycles. The minimum absolute atomic E-state index is 0.466. The third kappa shape index (κ3) is 5.33. The zero-order valence-electron chi connectivity index (χ0n) is 33.0. The first-order valence-electron chi connectivity index (χ1n) is 20.4. The van der Waals surface area contributed by atoms with Gasteiger partial charge >= 0.3 is 0 Å². The summed E-state index contributed by atoms with van der Waals surface area (Å²) in [5.74, 6) is 0.466. The van der Waals surface area contributed by atoms with Crippen molar-refractivity contribution in [3.8, 4) is 57.4 Å². The predicted molar refractivity (Wildman–Crippen MR) is 249 cm³/mol. The van der Waals surface area contributed by atoms with Crippen molar-refractivity contribution in [3.05, 3.63) is 199 Å². The standard InChI is InChI=1S/C55H31N7/c56-31-38-16-9-21-43(53(38)61-49-23-7-5-19-41(49)45-26-34-12-1-3-14-36(34)28-51(45)61)47-30-48(60-55(59-47)40-18-11-25-58-33-40)44-22-10-17-39(32-57)54(44)62-50-24-8-6-20-42(50)46-27-35-13-2-4-15-37(35)29-52(46)62/h1-30,33H. The van der Waals surface area contributed by atoms with Crippen LogP contribution in [0.3, 0.4) is 0 Å². The number of pyridine rings is 1. The first-order valence-corrected chi connectivity index (χ1v) is 20.4. The van der Waals surface area contributed by atoms with Crippen LogP contribution in [0, 0.1) is 22.7 Å². The summed E-state index contributed by atoms with van der Waals surface area (Å²) in [4.78, 5) is 15.0. The molecule has 0 radical (unpaired) electrons. The molecule has 7 heteroatoms. The normalized spacial score (nSPS) is 11.5. The zero-order chi connectivity index (χ0) is 41.3. The van der Waals surface area contributed by atoms with Gasteiger partial charge in [-0.1, -0.05) is 109 Å². The molecule has 0 unspecified atom stereocenters. The molecular formula is C55H31N7. The highest BCUT2D eigenvalue weighted by Crippen LogP contribution is 2.42. The van der Waals surface area contributed by atoms with Crippen molar-refractivity contribution in [1.82, 2.24) is 24.1 Å². The highest BCUT2D eigenvalue weighted by molar-refractivity contribution is 6.15. The van der Waals surface area contributed by atoms with E-state index in [0.29, 0.717) is 28.3 Å². The molecule has 286 valence electrons. The molecule has 0 saturated heterocycles. The molecule has 0 amide bonds. The average Bonchev–Trinajstić information content (AvgIpc) is 3.83. The molecule has 0 aliphatic carbocycles. The Morgan fingerprint density at radius 1 is 0.403 bits per heavy atom. The van der Waals surface area contributed by atoms with Crippen molar-refractivity contribution in [2.75, 3.05) is 0 Å². The lowest BCUT2D eigenvalue weighted by atomic mass is 9.99. The summed E-state index contributed by atoms with van der Waals surface area (Å²) in [5, 5.41) is 30.6. The molecule has 12 aromatic rings. The SMILES string of the molecule is N#Cc1cccc(-c2cc(-c3cccc(C#N)c3-n3c4ccccc4c4cc5ccccc5cc43)nc(-c3cccnc3)n2)c1-n1c2ccccc2c2cc3ccccc3cc21. The number of nitriles is 2. The fourth-order valence-electron chi connectivity index (χ4n) is 9.30. The summed E-state index contributed by atoms with van der Waals surface area (Å²) < 4.78 is 4.42. The van der Waals surface area contributed by atoms with Gasteiger partial charge in [0.15, 0.2) is 5.82 Å². The van der Waals surface area contributed by atoms with Gasteiger partial charge in [0, 0.05) is 50.6 Å². The van der Waals surface area contributed by atoms with Gasteiger partial charge in [-0.15, -0.1) is 0 Å². The Labute approximate surface area is 355 Å². The average molecular weight is 790 g/mol. The summed E-state index contributed by atoms with van der Waals surface area (Å²) in [7, 11) is 0. The Kier molecular flexibility index (Phi) is 7.83. The minimum Gasteiger partial charge on any atom is -0.307 e. The molecular weight excluding hydrogens is 759 g/mol. The first-order chi connectivity index (χ1) is 30.7. The largest absolute Gasteiger partial charge is 0.307 e. The van der Waals surface area contributed by atoms with Crippen LogP contribution in [-0.2, 0) is 0 Å². The monoisotopic (exact) mass is 789 g/mol. The van der Waals surface area contributed by atoms with Crippen LogP contribution in [0.5, 0.6) is 0 Å². The third-order valence-electron chi connectivity index (χ3n) is 12.0. The lowest BCUT2D eigenvalue weighted by Crippen LogP contribution is -2.05. The number of aromatic nitrogens is 5. The van der Waals surface area contributed by atoms with Crippen molar-refractivity contribution in [2.24, 2.45) is 0 Å². The van der Waals surface area contributed by atoms with Crippen LogP contribution in [0.15, 0.2) is 188 Å². The lowest BCUT2D eigenvalue weighted by Gasteiger charge is -2.18. The highest BCUT2D eigenvalue weighted by atomic mass is 15.0. The van der Waals surface area contributed by atoms with Crippen LogP contribution in [0.25, 0.3) is 110 Å². The minimum atomic E-state index is 0.466. The van der Waals surface area contributed by atoms with Gasteiger partial charge < -0.3 is 9.13 Å². The molecule has 0 fully saturated rings. The number of rotatable bonds is 5. The molecule has 0 atom stereocenters. The van der Waals surface area contributed by atoms with Gasteiger partial charge in [-0.25, -0.2) is 9.97 Å².